The Bertz CT molecular complexity index is 890. The number of amides is 2. The molecule has 0 saturated carbocycles. The van der Waals surface area contributed by atoms with E-state index in [1.807, 2.05) is 31.2 Å². The van der Waals surface area contributed by atoms with Crippen molar-refractivity contribution in [3.63, 3.8) is 0 Å². The van der Waals surface area contributed by atoms with Crippen LogP contribution >= 0.6 is 0 Å². The topological polar surface area (TPSA) is 93.7 Å². The number of carbonyl (C=O) groups is 3. The Balaban J connectivity index is 1.90. The number of nitrogens with one attached hydrogen (secondary N) is 2. The number of para-hydroxylation sites is 1. The van der Waals surface area contributed by atoms with Gasteiger partial charge in [0.25, 0.3) is 5.91 Å². The third-order valence-corrected chi connectivity index (χ3v) is 3.75. The van der Waals surface area contributed by atoms with E-state index in [-0.39, 0.29) is 5.91 Å². The maximum Gasteiger partial charge on any atom is 0.331 e. The predicted octanol–water partition coefficient (Wildman–Crippen LogP) is 3.63. The molecule has 0 fully saturated rings. The zero-order valence-electron chi connectivity index (χ0n) is 16.6. The number of hydrogen-bond acceptors (Lipinski definition) is 5. The molecule has 7 nitrogen and oxygen atoms in total. The van der Waals surface area contributed by atoms with Gasteiger partial charge in [-0.3, -0.25) is 9.59 Å². The van der Waals surface area contributed by atoms with Crippen LogP contribution in [-0.4, -0.2) is 30.5 Å². The molecular weight excluding hydrogens is 372 g/mol. The highest BCUT2D eigenvalue weighted by molar-refractivity contribution is 5.97. The van der Waals surface area contributed by atoms with E-state index >= 15 is 0 Å². The number of hydrogen-bond donors (Lipinski definition) is 2. The van der Waals surface area contributed by atoms with E-state index < -0.39 is 18.0 Å². The van der Waals surface area contributed by atoms with E-state index in [4.69, 9.17) is 9.47 Å². The first-order valence-electron chi connectivity index (χ1n) is 9.18. The van der Waals surface area contributed by atoms with Crippen molar-refractivity contribution in [1.29, 1.82) is 0 Å². The molecule has 0 aromatic heterocycles. The monoisotopic (exact) mass is 396 g/mol. The second kappa shape index (κ2) is 10.7. The highest BCUT2D eigenvalue weighted by Crippen LogP contribution is 2.19. The lowest BCUT2D eigenvalue weighted by Gasteiger charge is -2.13. The Hall–Kier alpha value is -3.61. The molecular formula is C22H24N2O5. The first-order valence-corrected chi connectivity index (χ1v) is 9.18. The Morgan fingerprint density at radius 1 is 1.00 bits per heavy atom. The lowest BCUT2D eigenvalue weighted by atomic mass is 10.2. The molecule has 2 amide bonds. The Labute approximate surface area is 169 Å². The van der Waals surface area contributed by atoms with Gasteiger partial charge in [0.05, 0.1) is 6.61 Å². The zero-order valence-corrected chi connectivity index (χ0v) is 16.6. The normalized spacial score (nSPS) is 11.6. The molecule has 2 N–H and O–H groups in total. The van der Waals surface area contributed by atoms with E-state index in [1.54, 1.807) is 30.3 Å². The summed E-state index contributed by atoms with van der Waals surface area (Å²) < 4.78 is 10.6. The molecule has 0 saturated heterocycles. The van der Waals surface area contributed by atoms with Crippen molar-refractivity contribution in [1.82, 2.24) is 0 Å². The van der Waals surface area contributed by atoms with Gasteiger partial charge in [0.2, 0.25) is 5.91 Å². The SMILES string of the molecule is CCOc1ccccc1/C=C/C(=O)O[C@H](C)C(=O)Nc1ccc(NC(C)=O)cc1. The number of carbonyl (C=O) groups excluding carboxylic acids is 3. The Kier molecular flexibility index (Phi) is 7.97. The molecule has 0 aliphatic carbocycles. The minimum absolute atomic E-state index is 0.181. The van der Waals surface area contributed by atoms with Crippen molar-refractivity contribution in [2.24, 2.45) is 0 Å². The fraction of sp³-hybridized carbons (Fsp3) is 0.227. The van der Waals surface area contributed by atoms with Gasteiger partial charge in [-0.1, -0.05) is 18.2 Å². The maximum absolute atomic E-state index is 12.2. The molecule has 0 aliphatic rings. The average Bonchev–Trinajstić information content (AvgIpc) is 2.68. The van der Waals surface area contributed by atoms with Gasteiger partial charge in [-0.25, -0.2) is 4.79 Å². The van der Waals surface area contributed by atoms with Crippen LogP contribution in [0.1, 0.15) is 26.3 Å². The van der Waals surface area contributed by atoms with Crippen LogP contribution in [0.4, 0.5) is 11.4 Å². The highest BCUT2D eigenvalue weighted by Gasteiger charge is 2.16. The smallest absolute Gasteiger partial charge is 0.331 e. The molecule has 0 heterocycles. The van der Waals surface area contributed by atoms with E-state index in [2.05, 4.69) is 10.6 Å². The Morgan fingerprint density at radius 3 is 2.24 bits per heavy atom. The fourth-order valence-corrected chi connectivity index (χ4v) is 2.41. The summed E-state index contributed by atoms with van der Waals surface area (Å²) in [6, 6.07) is 13.9. The van der Waals surface area contributed by atoms with Crippen LogP contribution in [0, 0.1) is 0 Å². The van der Waals surface area contributed by atoms with Crippen LogP contribution in [0.3, 0.4) is 0 Å². The van der Waals surface area contributed by atoms with Gasteiger partial charge in [0.1, 0.15) is 5.75 Å². The quantitative estimate of drug-likeness (QED) is 0.525. The first kappa shape index (κ1) is 21.7. The van der Waals surface area contributed by atoms with Gasteiger partial charge >= 0.3 is 5.97 Å². The van der Waals surface area contributed by atoms with Gasteiger partial charge in [-0.2, -0.15) is 0 Å². The molecule has 1 atom stereocenters. The van der Waals surface area contributed by atoms with Crippen molar-refractivity contribution in [3.8, 4) is 5.75 Å². The van der Waals surface area contributed by atoms with Crippen LogP contribution in [-0.2, 0) is 19.1 Å². The molecule has 7 heteroatoms. The minimum atomic E-state index is -0.982. The summed E-state index contributed by atoms with van der Waals surface area (Å²) in [5.41, 5.74) is 1.88. The summed E-state index contributed by atoms with van der Waals surface area (Å²) in [5.74, 6) is -0.625. The van der Waals surface area contributed by atoms with E-state index in [1.165, 1.54) is 19.9 Å². The molecule has 2 aromatic rings. The average molecular weight is 396 g/mol. The van der Waals surface area contributed by atoms with Crippen LogP contribution in [0.25, 0.3) is 6.08 Å². The van der Waals surface area contributed by atoms with Crippen LogP contribution < -0.4 is 15.4 Å². The summed E-state index contributed by atoms with van der Waals surface area (Å²) in [6.07, 6.45) is 1.85. The van der Waals surface area contributed by atoms with Crippen molar-refractivity contribution in [3.05, 3.63) is 60.2 Å². The third kappa shape index (κ3) is 7.14. The molecule has 0 aliphatic heterocycles. The van der Waals surface area contributed by atoms with Gasteiger partial charge in [-0.05, 0) is 50.3 Å². The van der Waals surface area contributed by atoms with Gasteiger partial charge < -0.3 is 20.1 Å². The van der Waals surface area contributed by atoms with Crippen LogP contribution in [0.2, 0.25) is 0 Å². The second-order valence-corrected chi connectivity index (χ2v) is 6.13. The Morgan fingerprint density at radius 2 is 1.62 bits per heavy atom. The van der Waals surface area contributed by atoms with Crippen molar-refractivity contribution in [2.75, 3.05) is 17.2 Å². The summed E-state index contributed by atoms with van der Waals surface area (Å²) in [5, 5.41) is 5.29. The van der Waals surface area contributed by atoms with Crippen LogP contribution in [0.15, 0.2) is 54.6 Å². The molecule has 2 rings (SSSR count). The van der Waals surface area contributed by atoms with E-state index in [0.717, 1.165) is 5.56 Å². The van der Waals surface area contributed by atoms with Crippen LogP contribution in [0.5, 0.6) is 5.75 Å². The van der Waals surface area contributed by atoms with Gasteiger partial charge in [0, 0.05) is 29.9 Å². The second-order valence-electron chi connectivity index (χ2n) is 6.13. The lowest BCUT2D eigenvalue weighted by Crippen LogP contribution is -2.29. The van der Waals surface area contributed by atoms with E-state index in [0.29, 0.717) is 23.7 Å². The molecule has 2 aromatic carbocycles. The van der Waals surface area contributed by atoms with Crippen molar-refractivity contribution in [2.45, 2.75) is 26.9 Å². The summed E-state index contributed by atoms with van der Waals surface area (Å²) >= 11 is 0. The highest BCUT2D eigenvalue weighted by atomic mass is 16.5. The summed E-state index contributed by atoms with van der Waals surface area (Å²) in [6.45, 7) is 5.29. The predicted molar refractivity (Wildman–Crippen MR) is 112 cm³/mol. The minimum Gasteiger partial charge on any atom is -0.493 e. The summed E-state index contributed by atoms with van der Waals surface area (Å²) in [4.78, 5) is 35.3. The molecule has 0 spiro atoms. The lowest BCUT2D eigenvalue weighted by molar-refractivity contribution is -0.148. The molecule has 0 radical (unpaired) electrons. The number of ether oxygens (including phenoxy) is 2. The standard InChI is InChI=1S/C22H24N2O5/c1-4-28-20-8-6-5-7-17(20)9-14-21(26)29-15(2)22(27)24-19-12-10-18(11-13-19)23-16(3)25/h5-15H,4H2,1-3H3,(H,23,25)(H,24,27)/b14-9+/t15-/m1/s1. The maximum atomic E-state index is 12.2. The molecule has 0 unspecified atom stereocenters. The molecule has 29 heavy (non-hydrogen) atoms. The van der Waals surface area contributed by atoms with Gasteiger partial charge in [0.15, 0.2) is 6.10 Å². The third-order valence-electron chi connectivity index (χ3n) is 3.75. The zero-order chi connectivity index (χ0) is 21.2. The number of anilines is 2. The molecule has 152 valence electrons. The van der Waals surface area contributed by atoms with E-state index in [9.17, 15) is 14.4 Å². The molecule has 0 bridgehead atoms. The largest absolute Gasteiger partial charge is 0.493 e. The number of benzene rings is 2. The van der Waals surface area contributed by atoms with Crippen molar-refractivity contribution < 1.29 is 23.9 Å². The summed E-state index contributed by atoms with van der Waals surface area (Å²) in [7, 11) is 0. The number of esters is 1. The first-order chi connectivity index (χ1) is 13.9. The van der Waals surface area contributed by atoms with Crippen molar-refractivity contribution >= 4 is 35.2 Å². The fourth-order valence-electron chi connectivity index (χ4n) is 2.41. The number of rotatable bonds is 8. The van der Waals surface area contributed by atoms with Gasteiger partial charge in [-0.15, -0.1) is 0 Å².